The summed E-state index contributed by atoms with van der Waals surface area (Å²) in [7, 11) is 0. The summed E-state index contributed by atoms with van der Waals surface area (Å²) < 4.78 is 0. The second-order valence-electron chi connectivity index (χ2n) is 4.65. The van der Waals surface area contributed by atoms with Crippen molar-refractivity contribution in [2.75, 3.05) is 6.54 Å². The van der Waals surface area contributed by atoms with Gasteiger partial charge in [-0.15, -0.1) is 11.3 Å². The molecule has 0 saturated carbocycles. The van der Waals surface area contributed by atoms with Crippen molar-refractivity contribution in [1.82, 2.24) is 9.88 Å². The second-order valence-corrected chi connectivity index (χ2v) is 5.37. The first-order valence-electron chi connectivity index (χ1n) is 6.08. The van der Waals surface area contributed by atoms with Gasteiger partial charge >= 0.3 is 0 Å². The molecular weight excluding hydrogens is 262 g/mol. The third-order valence-electron chi connectivity index (χ3n) is 3.36. The lowest BCUT2D eigenvalue weighted by Crippen LogP contribution is -2.30. The molecule has 0 spiro atoms. The maximum Gasteiger partial charge on any atom is 0.269 e. The third kappa shape index (κ3) is 2.64. The van der Waals surface area contributed by atoms with Crippen LogP contribution in [0.4, 0.5) is 5.69 Å². The van der Waals surface area contributed by atoms with E-state index in [9.17, 15) is 10.1 Å². The summed E-state index contributed by atoms with van der Waals surface area (Å²) in [5.74, 6) is 0. The number of nitro benzene ring substituents is 1. The molecule has 1 aliphatic heterocycles. The molecule has 19 heavy (non-hydrogen) atoms. The van der Waals surface area contributed by atoms with Gasteiger partial charge in [-0.05, 0) is 17.5 Å². The molecule has 2 heterocycles. The Bertz CT molecular complexity index is 598. The first-order valence-corrected chi connectivity index (χ1v) is 7.02. The SMILES string of the molecule is O=[N+]([O-])c1ccc2c(c1)CN(Cc1cscn1)CC2. The first-order chi connectivity index (χ1) is 9.22. The van der Waals surface area contributed by atoms with Crippen LogP contribution in [0.1, 0.15) is 16.8 Å². The van der Waals surface area contributed by atoms with Crippen LogP contribution in [0.2, 0.25) is 0 Å². The van der Waals surface area contributed by atoms with E-state index in [-0.39, 0.29) is 10.6 Å². The fourth-order valence-electron chi connectivity index (χ4n) is 2.40. The highest BCUT2D eigenvalue weighted by Crippen LogP contribution is 2.24. The molecule has 0 N–H and O–H groups in total. The van der Waals surface area contributed by atoms with E-state index in [0.717, 1.165) is 37.3 Å². The number of hydrogen-bond acceptors (Lipinski definition) is 5. The van der Waals surface area contributed by atoms with Crippen molar-refractivity contribution < 1.29 is 4.92 Å². The van der Waals surface area contributed by atoms with Gasteiger partial charge in [0, 0.05) is 37.1 Å². The van der Waals surface area contributed by atoms with E-state index in [4.69, 9.17) is 0 Å². The predicted octanol–water partition coefficient (Wildman–Crippen LogP) is 2.61. The molecule has 5 nitrogen and oxygen atoms in total. The molecule has 98 valence electrons. The smallest absolute Gasteiger partial charge is 0.269 e. The molecular formula is C13H13N3O2S. The molecule has 0 saturated heterocycles. The number of thiazole rings is 1. The first kappa shape index (κ1) is 12.3. The molecule has 0 fully saturated rings. The summed E-state index contributed by atoms with van der Waals surface area (Å²) in [6, 6.07) is 5.17. The minimum atomic E-state index is -0.334. The minimum Gasteiger partial charge on any atom is -0.293 e. The van der Waals surface area contributed by atoms with Gasteiger partial charge in [0.15, 0.2) is 0 Å². The van der Waals surface area contributed by atoms with Crippen LogP contribution in [0.3, 0.4) is 0 Å². The zero-order valence-corrected chi connectivity index (χ0v) is 11.1. The molecule has 0 unspecified atom stereocenters. The molecule has 0 atom stereocenters. The fourth-order valence-corrected chi connectivity index (χ4v) is 2.94. The largest absolute Gasteiger partial charge is 0.293 e. The third-order valence-corrected chi connectivity index (χ3v) is 4.00. The number of benzene rings is 1. The van der Waals surface area contributed by atoms with Crippen LogP contribution >= 0.6 is 11.3 Å². The molecule has 0 aliphatic carbocycles. The van der Waals surface area contributed by atoms with Crippen molar-refractivity contribution in [3.05, 3.63) is 56.0 Å². The quantitative estimate of drug-likeness (QED) is 0.638. The van der Waals surface area contributed by atoms with E-state index in [0.29, 0.717) is 0 Å². The van der Waals surface area contributed by atoms with Gasteiger partial charge in [-0.3, -0.25) is 15.0 Å². The van der Waals surface area contributed by atoms with Gasteiger partial charge in [-0.1, -0.05) is 6.07 Å². The summed E-state index contributed by atoms with van der Waals surface area (Å²) in [5, 5.41) is 12.9. The van der Waals surface area contributed by atoms with Gasteiger partial charge in [0.25, 0.3) is 5.69 Å². The average Bonchev–Trinajstić information content (AvgIpc) is 2.90. The number of nitro groups is 1. The molecule has 0 bridgehead atoms. The maximum absolute atomic E-state index is 10.8. The van der Waals surface area contributed by atoms with Crippen molar-refractivity contribution in [1.29, 1.82) is 0 Å². The second kappa shape index (κ2) is 5.07. The van der Waals surface area contributed by atoms with E-state index in [2.05, 4.69) is 9.88 Å². The lowest BCUT2D eigenvalue weighted by atomic mass is 9.99. The Labute approximate surface area is 114 Å². The predicted molar refractivity (Wildman–Crippen MR) is 73.0 cm³/mol. The van der Waals surface area contributed by atoms with Crippen LogP contribution in [-0.2, 0) is 19.5 Å². The number of non-ortho nitro benzene ring substituents is 1. The number of hydrogen-bond donors (Lipinski definition) is 0. The zero-order valence-electron chi connectivity index (χ0n) is 10.3. The topological polar surface area (TPSA) is 59.3 Å². The van der Waals surface area contributed by atoms with Gasteiger partial charge in [-0.25, -0.2) is 4.98 Å². The highest BCUT2D eigenvalue weighted by molar-refractivity contribution is 7.07. The lowest BCUT2D eigenvalue weighted by Gasteiger charge is -2.27. The summed E-state index contributed by atoms with van der Waals surface area (Å²) in [4.78, 5) is 17.0. The van der Waals surface area contributed by atoms with Crippen LogP contribution < -0.4 is 0 Å². The van der Waals surface area contributed by atoms with Gasteiger partial charge < -0.3 is 0 Å². The number of fused-ring (bicyclic) bond motifs is 1. The number of aromatic nitrogens is 1. The van der Waals surface area contributed by atoms with Gasteiger partial charge in [0.2, 0.25) is 0 Å². The van der Waals surface area contributed by atoms with Crippen molar-refractivity contribution in [2.24, 2.45) is 0 Å². The van der Waals surface area contributed by atoms with E-state index < -0.39 is 0 Å². The Hall–Kier alpha value is -1.79. The Kier molecular flexibility index (Phi) is 3.27. The highest BCUT2D eigenvalue weighted by Gasteiger charge is 2.19. The summed E-state index contributed by atoms with van der Waals surface area (Å²) >= 11 is 1.59. The van der Waals surface area contributed by atoms with Gasteiger partial charge in [-0.2, -0.15) is 0 Å². The van der Waals surface area contributed by atoms with Crippen molar-refractivity contribution in [3.8, 4) is 0 Å². The minimum absolute atomic E-state index is 0.175. The van der Waals surface area contributed by atoms with Crippen LogP contribution in [0.5, 0.6) is 0 Å². The number of rotatable bonds is 3. The van der Waals surface area contributed by atoms with Crippen molar-refractivity contribution in [2.45, 2.75) is 19.5 Å². The van der Waals surface area contributed by atoms with E-state index in [1.54, 1.807) is 23.5 Å². The summed E-state index contributed by atoms with van der Waals surface area (Å²) in [6.07, 6.45) is 0.942. The van der Waals surface area contributed by atoms with E-state index in [1.807, 2.05) is 17.0 Å². The zero-order chi connectivity index (χ0) is 13.2. The Morgan fingerprint density at radius 2 is 2.32 bits per heavy atom. The fraction of sp³-hybridized carbons (Fsp3) is 0.308. The van der Waals surface area contributed by atoms with Gasteiger partial charge in [0.1, 0.15) is 0 Å². The van der Waals surface area contributed by atoms with Crippen LogP contribution in [0.25, 0.3) is 0 Å². The Morgan fingerprint density at radius 3 is 3.05 bits per heavy atom. The van der Waals surface area contributed by atoms with Crippen molar-refractivity contribution in [3.63, 3.8) is 0 Å². The van der Waals surface area contributed by atoms with E-state index >= 15 is 0 Å². The lowest BCUT2D eigenvalue weighted by molar-refractivity contribution is -0.385. The molecule has 1 aromatic carbocycles. The Balaban J connectivity index is 1.78. The van der Waals surface area contributed by atoms with Crippen LogP contribution in [-0.4, -0.2) is 21.4 Å². The average molecular weight is 275 g/mol. The summed E-state index contributed by atoms with van der Waals surface area (Å²) in [6.45, 7) is 2.54. The van der Waals surface area contributed by atoms with Gasteiger partial charge in [0.05, 0.1) is 16.1 Å². The Morgan fingerprint density at radius 1 is 1.42 bits per heavy atom. The summed E-state index contributed by atoms with van der Waals surface area (Å²) in [5.41, 5.74) is 5.36. The van der Waals surface area contributed by atoms with Crippen molar-refractivity contribution >= 4 is 17.0 Å². The molecule has 0 amide bonds. The molecule has 2 aromatic rings. The van der Waals surface area contributed by atoms with Crippen LogP contribution in [0, 0.1) is 10.1 Å². The molecule has 0 radical (unpaired) electrons. The van der Waals surface area contributed by atoms with Crippen LogP contribution in [0.15, 0.2) is 29.1 Å². The number of nitrogens with zero attached hydrogens (tertiary/aromatic N) is 3. The molecule has 1 aliphatic rings. The molecule has 6 heteroatoms. The highest BCUT2D eigenvalue weighted by atomic mass is 32.1. The molecule has 3 rings (SSSR count). The molecule has 1 aromatic heterocycles. The van der Waals surface area contributed by atoms with E-state index in [1.165, 1.54) is 5.56 Å². The maximum atomic E-state index is 10.8. The normalized spacial score (nSPS) is 15.2. The standard InChI is InChI=1S/C13H13N3O2S/c17-16(18)13-2-1-10-3-4-15(6-11(10)5-13)7-12-8-19-9-14-12/h1-2,5,8-9H,3-4,6-7H2. The monoisotopic (exact) mass is 275 g/mol.